The van der Waals surface area contributed by atoms with Gasteiger partial charge in [-0.1, -0.05) is 43.5 Å². The van der Waals surface area contributed by atoms with Crippen LogP contribution in [0, 0.1) is 6.92 Å². The van der Waals surface area contributed by atoms with E-state index >= 15 is 0 Å². The molecule has 0 fully saturated rings. The van der Waals surface area contributed by atoms with E-state index < -0.39 is 42.9 Å². The van der Waals surface area contributed by atoms with Crippen LogP contribution >= 0.6 is 7.52 Å². The van der Waals surface area contributed by atoms with Gasteiger partial charge >= 0.3 is 25.2 Å². The summed E-state index contributed by atoms with van der Waals surface area (Å²) < 4.78 is 37.1. The number of ether oxygens (including phenoxy) is 3. The largest absolute Gasteiger partial charge is 0.482 e. The molecule has 0 spiro atoms. The van der Waals surface area contributed by atoms with Gasteiger partial charge in [-0.15, -0.1) is 0 Å². The lowest BCUT2D eigenvalue weighted by Gasteiger charge is -2.37. The minimum Gasteiger partial charge on any atom is -0.482 e. The van der Waals surface area contributed by atoms with Gasteiger partial charge in [0.05, 0.1) is 18.3 Å². The number of aryl methyl sites for hydroxylation is 2. The molecule has 0 radical (unpaired) electrons. The highest BCUT2D eigenvalue weighted by molar-refractivity contribution is 7.74. The summed E-state index contributed by atoms with van der Waals surface area (Å²) in [5, 5.41) is 13.0. The number of rotatable bonds is 13. The van der Waals surface area contributed by atoms with Gasteiger partial charge in [-0.2, -0.15) is 0 Å². The molecular formula is C31H42NO9P. The van der Waals surface area contributed by atoms with Crippen LogP contribution in [-0.2, 0) is 30.9 Å². The molecule has 0 saturated heterocycles. The van der Waals surface area contributed by atoms with Gasteiger partial charge in [0, 0.05) is 5.56 Å². The first-order valence-corrected chi connectivity index (χ1v) is 16.0. The Labute approximate surface area is 247 Å². The van der Waals surface area contributed by atoms with Crippen LogP contribution in [0.25, 0.3) is 11.1 Å². The van der Waals surface area contributed by atoms with Gasteiger partial charge in [0.25, 0.3) is 0 Å². The maximum atomic E-state index is 14.4. The van der Waals surface area contributed by atoms with E-state index in [4.69, 9.17) is 18.7 Å². The first-order chi connectivity index (χ1) is 19.6. The number of benzene rings is 2. The smallest absolute Gasteiger partial charge is 0.424 e. The molecular weight excluding hydrogens is 561 g/mol. The summed E-state index contributed by atoms with van der Waals surface area (Å²) >= 11 is 0. The third kappa shape index (κ3) is 7.16. The molecule has 3 rings (SSSR count). The lowest BCUT2D eigenvalue weighted by atomic mass is 9.83. The summed E-state index contributed by atoms with van der Waals surface area (Å²) in [6.45, 7) is 13.8. The van der Waals surface area contributed by atoms with E-state index in [1.165, 1.54) is 13.8 Å². The predicted molar refractivity (Wildman–Crippen MR) is 160 cm³/mol. The Hall–Kier alpha value is -3.36. The molecule has 0 saturated carbocycles. The minimum atomic E-state index is -4.75. The van der Waals surface area contributed by atoms with Gasteiger partial charge in [0.15, 0.2) is 5.75 Å². The maximum Gasteiger partial charge on any atom is 0.424 e. The third-order valence-corrected chi connectivity index (χ3v) is 8.62. The van der Waals surface area contributed by atoms with Gasteiger partial charge in [0.1, 0.15) is 23.0 Å². The molecule has 1 aliphatic rings. The molecule has 0 aromatic heterocycles. The standard InChI is InChI=1S/C31H42NO9P/c1-9-11-12-13-21-17-24-26(22-16-19(5)14-15-23(22)31(7,8)40-24)27(25(21)28(33)34)41-42(37,30(36)38-10-2)32-20(6)29(35)39-18(3)4/h14-18,20H,9-13H2,1-8H3,(H,32,37)(H,33,34). The number of esters is 1. The number of unbranched alkanes of at least 4 members (excludes halogenated alkanes) is 2. The zero-order valence-electron chi connectivity index (χ0n) is 25.7. The Balaban J connectivity index is 2.33. The molecule has 0 aliphatic carbocycles. The Kier molecular flexibility index (Phi) is 10.5. The van der Waals surface area contributed by atoms with Gasteiger partial charge in [0.2, 0.25) is 0 Å². The van der Waals surface area contributed by atoms with E-state index in [2.05, 4.69) is 5.09 Å². The van der Waals surface area contributed by atoms with Gasteiger partial charge in [-0.25, -0.2) is 19.2 Å². The first-order valence-electron chi connectivity index (χ1n) is 14.3. The van der Waals surface area contributed by atoms with Crippen LogP contribution in [-0.4, -0.2) is 41.5 Å². The van der Waals surface area contributed by atoms with E-state index in [1.54, 1.807) is 19.9 Å². The quantitative estimate of drug-likeness (QED) is 0.135. The molecule has 1 aliphatic heterocycles. The maximum absolute atomic E-state index is 14.4. The normalized spacial score (nSPS) is 15.5. The summed E-state index contributed by atoms with van der Waals surface area (Å²) in [6, 6.07) is 6.13. The lowest BCUT2D eigenvalue weighted by molar-refractivity contribution is -0.149. The second-order valence-corrected chi connectivity index (χ2v) is 13.1. The fraction of sp³-hybridized carbons (Fsp3) is 0.516. The van der Waals surface area contributed by atoms with Gasteiger partial charge in [-0.3, -0.25) is 4.79 Å². The van der Waals surface area contributed by atoms with Crippen molar-refractivity contribution in [3.8, 4) is 22.6 Å². The van der Waals surface area contributed by atoms with Crippen LogP contribution in [0.2, 0.25) is 0 Å². The molecule has 230 valence electrons. The van der Waals surface area contributed by atoms with Crippen LogP contribution in [0.15, 0.2) is 24.3 Å². The van der Waals surface area contributed by atoms with Crippen molar-refractivity contribution >= 4 is 25.2 Å². The second-order valence-electron chi connectivity index (χ2n) is 11.2. The van der Waals surface area contributed by atoms with Crippen molar-refractivity contribution in [2.45, 2.75) is 98.8 Å². The highest BCUT2D eigenvalue weighted by Gasteiger charge is 2.44. The summed E-state index contributed by atoms with van der Waals surface area (Å²) in [7, 11) is -4.75. The number of carboxylic acid groups (broad SMARTS) is 1. The molecule has 2 unspecified atom stereocenters. The lowest BCUT2D eigenvalue weighted by Crippen LogP contribution is -2.37. The molecule has 2 aromatic carbocycles. The zero-order valence-corrected chi connectivity index (χ0v) is 26.6. The Bertz CT molecular complexity index is 1400. The Morgan fingerprint density at radius 1 is 1.10 bits per heavy atom. The molecule has 2 aromatic rings. The van der Waals surface area contributed by atoms with Crippen molar-refractivity contribution in [1.82, 2.24) is 5.09 Å². The van der Waals surface area contributed by atoms with Crippen molar-refractivity contribution in [3.05, 3.63) is 46.5 Å². The second kappa shape index (κ2) is 13.3. The van der Waals surface area contributed by atoms with E-state index in [-0.39, 0.29) is 23.5 Å². The van der Waals surface area contributed by atoms with E-state index in [0.29, 0.717) is 29.7 Å². The molecule has 0 bridgehead atoms. The molecule has 10 nitrogen and oxygen atoms in total. The van der Waals surface area contributed by atoms with Crippen molar-refractivity contribution < 1.29 is 42.8 Å². The SMILES string of the molecule is CCCCCc1cc2c(c(OP(=O)(NC(C)C(=O)OC(C)C)C(=O)OCC)c1C(=O)O)-c1cc(C)ccc1C(C)(C)O2. The van der Waals surface area contributed by atoms with E-state index in [0.717, 1.165) is 24.0 Å². The zero-order chi connectivity index (χ0) is 31.4. The highest BCUT2D eigenvalue weighted by Crippen LogP contribution is 2.56. The fourth-order valence-corrected chi connectivity index (χ4v) is 6.51. The first kappa shape index (κ1) is 33.1. The number of carbonyl (C=O) groups excluding carboxylic acids is 2. The monoisotopic (exact) mass is 603 g/mol. The van der Waals surface area contributed by atoms with Crippen molar-refractivity contribution in [1.29, 1.82) is 0 Å². The van der Waals surface area contributed by atoms with E-state index in [1.807, 2.05) is 45.9 Å². The summed E-state index contributed by atoms with van der Waals surface area (Å²) in [6.07, 6.45) is 2.39. The summed E-state index contributed by atoms with van der Waals surface area (Å²) in [4.78, 5) is 38.7. The van der Waals surface area contributed by atoms with Crippen LogP contribution in [0.5, 0.6) is 11.5 Å². The number of nitrogens with one attached hydrogen (secondary N) is 1. The van der Waals surface area contributed by atoms with Gasteiger partial charge in [-0.05, 0) is 78.5 Å². The average Bonchev–Trinajstić information content (AvgIpc) is 2.87. The molecule has 2 N–H and O–H groups in total. The molecule has 2 atom stereocenters. The van der Waals surface area contributed by atoms with Crippen LogP contribution in [0.1, 0.15) is 94.8 Å². The van der Waals surface area contributed by atoms with Crippen LogP contribution in [0.3, 0.4) is 0 Å². The number of carbonyl (C=O) groups is 3. The number of fused-ring (bicyclic) bond motifs is 3. The molecule has 42 heavy (non-hydrogen) atoms. The highest BCUT2D eigenvalue weighted by atomic mass is 31.2. The van der Waals surface area contributed by atoms with Crippen molar-refractivity contribution in [2.24, 2.45) is 0 Å². The van der Waals surface area contributed by atoms with E-state index in [9.17, 15) is 24.1 Å². The van der Waals surface area contributed by atoms with Gasteiger partial charge < -0.3 is 23.8 Å². The minimum absolute atomic E-state index is 0.126. The molecule has 11 heteroatoms. The summed E-state index contributed by atoms with van der Waals surface area (Å²) in [5.41, 5.74) is 0.685. The average molecular weight is 604 g/mol. The van der Waals surface area contributed by atoms with Crippen LogP contribution < -0.4 is 14.3 Å². The Morgan fingerprint density at radius 3 is 2.38 bits per heavy atom. The number of aromatic carboxylic acids is 1. The van der Waals surface area contributed by atoms with Crippen molar-refractivity contribution in [2.75, 3.05) is 6.61 Å². The number of hydrogen-bond acceptors (Lipinski definition) is 8. The molecule has 0 amide bonds. The number of carboxylic acids is 1. The Morgan fingerprint density at radius 2 is 1.79 bits per heavy atom. The number of hydrogen-bond donors (Lipinski definition) is 2. The van der Waals surface area contributed by atoms with Crippen molar-refractivity contribution in [3.63, 3.8) is 0 Å². The fourth-order valence-electron chi connectivity index (χ4n) is 4.92. The third-order valence-electron chi connectivity index (χ3n) is 6.85. The molecule has 1 heterocycles. The van der Waals surface area contributed by atoms with Crippen LogP contribution in [0.4, 0.5) is 4.79 Å². The topological polar surface area (TPSA) is 137 Å². The summed E-state index contributed by atoms with van der Waals surface area (Å²) in [5.74, 6) is -2.03. The predicted octanol–water partition coefficient (Wildman–Crippen LogP) is 7.38.